The van der Waals surface area contributed by atoms with Crippen molar-refractivity contribution in [3.05, 3.63) is 35.9 Å². The van der Waals surface area contributed by atoms with Crippen LogP contribution in [0.2, 0.25) is 0 Å². The molecule has 0 aromatic heterocycles. The van der Waals surface area contributed by atoms with E-state index in [2.05, 4.69) is 58.0 Å². The number of hydrogen-bond donors (Lipinski definition) is 0. The molecule has 0 saturated heterocycles. The van der Waals surface area contributed by atoms with Crippen molar-refractivity contribution < 1.29 is 9.47 Å². The van der Waals surface area contributed by atoms with Crippen molar-refractivity contribution in [1.82, 2.24) is 0 Å². The standard InChI is InChI=1S/C22H38O2/c1-5-9-10-11-12-14-17-20(6-2)22(23-7-3,24-8-4)21-18-15-13-16-19-21/h13,15-16,18-20H,5-12,14,17H2,1-4H3. The van der Waals surface area contributed by atoms with Crippen LogP contribution in [-0.2, 0) is 15.3 Å². The summed E-state index contributed by atoms with van der Waals surface area (Å²) in [6.07, 6.45) is 10.2. The lowest BCUT2D eigenvalue weighted by Crippen LogP contribution is -2.41. The van der Waals surface area contributed by atoms with Gasteiger partial charge < -0.3 is 9.47 Å². The van der Waals surface area contributed by atoms with Crippen LogP contribution in [0.25, 0.3) is 0 Å². The van der Waals surface area contributed by atoms with Gasteiger partial charge in [0.15, 0.2) is 5.79 Å². The number of benzene rings is 1. The van der Waals surface area contributed by atoms with Gasteiger partial charge in [0.2, 0.25) is 0 Å². The molecule has 2 heteroatoms. The third-order valence-corrected chi connectivity index (χ3v) is 4.83. The fraction of sp³-hybridized carbons (Fsp3) is 0.727. The van der Waals surface area contributed by atoms with Gasteiger partial charge in [0.05, 0.1) is 0 Å². The van der Waals surface area contributed by atoms with Crippen molar-refractivity contribution in [2.24, 2.45) is 5.92 Å². The largest absolute Gasteiger partial charge is 0.346 e. The Morgan fingerprint density at radius 2 is 1.38 bits per heavy atom. The summed E-state index contributed by atoms with van der Waals surface area (Å²) in [5.74, 6) is -0.200. The molecule has 138 valence electrons. The minimum Gasteiger partial charge on any atom is -0.346 e. The summed E-state index contributed by atoms with van der Waals surface area (Å²) in [7, 11) is 0. The summed E-state index contributed by atoms with van der Waals surface area (Å²) in [5, 5.41) is 0. The Hall–Kier alpha value is -0.860. The molecule has 0 spiro atoms. The highest BCUT2D eigenvalue weighted by molar-refractivity contribution is 5.21. The van der Waals surface area contributed by atoms with Gasteiger partial charge in [-0.05, 0) is 26.7 Å². The van der Waals surface area contributed by atoms with Crippen molar-refractivity contribution in [3.8, 4) is 0 Å². The molecular weight excluding hydrogens is 296 g/mol. The molecule has 1 aromatic carbocycles. The molecular formula is C22H38O2. The predicted molar refractivity (Wildman–Crippen MR) is 103 cm³/mol. The predicted octanol–water partition coefficient (Wildman–Crippen LogP) is 6.69. The molecule has 1 unspecified atom stereocenters. The first-order chi connectivity index (χ1) is 11.7. The van der Waals surface area contributed by atoms with Gasteiger partial charge in [-0.2, -0.15) is 0 Å². The number of ether oxygens (including phenoxy) is 2. The first-order valence-electron chi connectivity index (χ1n) is 10.1. The summed E-state index contributed by atoms with van der Waals surface area (Å²) in [5.41, 5.74) is 1.16. The highest BCUT2D eigenvalue weighted by Gasteiger charge is 2.41. The zero-order valence-electron chi connectivity index (χ0n) is 16.4. The van der Waals surface area contributed by atoms with Gasteiger partial charge in [0.1, 0.15) is 0 Å². The lowest BCUT2D eigenvalue weighted by molar-refractivity contribution is -0.276. The van der Waals surface area contributed by atoms with E-state index in [1.807, 2.05) is 0 Å². The quantitative estimate of drug-likeness (QED) is 0.279. The van der Waals surface area contributed by atoms with Gasteiger partial charge in [-0.15, -0.1) is 0 Å². The average molecular weight is 335 g/mol. The van der Waals surface area contributed by atoms with Crippen LogP contribution in [0.4, 0.5) is 0 Å². The summed E-state index contributed by atoms with van der Waals surface area (Å²) < 4.78 is 12.6. The van der Waals surface area contributed by atoms with Crippen LogP contribution in [0.15, 0.2) is 30.3 Å². The van der Waals surface area contributed by atoms with Crippen LogP contribution in [0.3, 0.4) is 0 Å². The average Bonchev–Trinajstić information content (AvgIpc) is 2.62. The lowest BCUT2D eigenvalue weighted by Gasteiger charge is -2.40. The monoisotopic (exact) mass is 334 g/mol. The summed E-state index contributed by atoms with van der Waals surface area (Å²) in [6, 6.07) is 10.5. The second-order valence-corrected chi connectivity index (χ2v) is 6.56. The normalized spacial score (nSPS) is 13.2. The Bertz CT molecular complexity index is 396. The molecule has 0 aliphatic carbocycles. The Labute approximate surface area is 149 Å². The molecule has 2 nitrogen and oxygen atoms in total. The molecule has 0 aliphatic rings. The van der Waals surface area contributed by atoms with Crippen molar-refractivity contribution in [1.29, 1.82) is 0 Å². The minimum atomic E-state index is -0.594. The number of rotatable bonds is 14. The topological polar surface area (TPSA) is 18.5 Å². The maximum absolute atomic E-state index is 6.28. The fourth-order valence-corrected chi connectivity index (χ4v) is 3.61. The van der Waals surface area contributed by atoms with Gasteiger partial charge in [0.25, 0.3) is 0 Å². The van der Waals surface area contributed by atoms with E-state index in [-0.39, 0.29) is 0 Å². The Balaban J connectivity index is 2.81. The molecule has 0 N–H and O–H groups in total. The van der Waals surface area contributed by atoms with Crippen LogP contribution in [0, 0.1) is 5.92 Å². The Kier molecular flexibility index (Phi) is 11.0. The molecule has 0 amide bonds. The van der Waals surface area contributed by atoms with Crippen molar-refractivity contribution in [2.45, 2.75) is 84.8 Å². The first kappa shape index (κ1) is 21.2. The summed E-state index contributed by atoms with van der Waals surface area (Å²) in [4.78, 5) is 0. The SMILES string of the molecule is CCCCCCCCC(CC)C(OCC)(OCC)c1ccccc1. The smallest absolute Gasteiger partial charge is 0.197 e. The van der Waals surface area contributed by atoms with Gasteiger partial charge in [0, 0.05) is 24.7 Å². The fourth-order valence-electron chi connectivity index (χ4n) is 3.61. The minimum absolute atomic E-state index is 0.394. The Morgan fingerprint density at radius 1 is 0.792 bits per heavy atom. The molecule has 0 fully saturated rings. The highest BCUT2D eigenvalue weighted by Crippen LogP contribution is 2.40. The molecule has 0 heterocycles. The molecule has 0 bridgehead atoms. The summed E-state index contributed by atoms with van der Waals surface area (Å²) in [6.45, 7) is 10.00. The maximum Gasteiger partial charge on any atom is 0.197 e. The zero-order valence-corrected chi connectivity index (χ0v) is 16.4. The van der Waals surface area contributed by atoms with Gasteiger partial charge in [-0.25, -0.2) is 0 Å². The van der Waals surface area contributed by atoms with Gasteiger partial charge >= 0.3 is 0 Å². The van der Waals surface area contributed by atoms with E-state index in [4.69, 9.17) is 9.47 Å². The second-order valence-electron chi connectivity index (χ2n) is 6.56. The van der Waals surface area contributed by atoms with Gasteiger partial charge in [-0.1, -0.05) is 82.7 Å². The molecule has 0 saturated carbocycles. The number of hydrogen-bond acceptors (Lipinski definition) is 2. The van der Waals surface area contributed by atoms with E-state index in [1.165, 1.54) is 38.5 Å². The van der Waals surface area contributed by atoms with Crippen LogP contribution < -0.4 is 0 Å². The van der Waals surface area contributed by atoms with Crippen molar-refractivity contribution in [3.63, 3.8) is 0 Å². The molecule has 24 heavy (non-hydrogen) atoms. The van der Waals surface area contributed by atoms with E-state index in [0.29, 0.717) is 19.1 Å². The Morgan fingerprint density at radius 3 is 1.92 bits per heavy atom. The molecule has 1 aromatic rings. The first-order valence-corrected chi connectivity index (χ1v) is 10.1. The molecule has 1 rings (SSSR count). The van der Waals surface area contributed by atoms with Crippen molar-refractivity contribution >= 4 is 0 Å². The maximum atomic E-state index is 6.28. The van der Waals surface area contributed by atoms with E-state index in [1.54, 1.807) is 0 Å². The zero-order chi connectivity index (χ0) is 17.7. The second kappa shape index (κ2) is 12.5. The van der Waals surface area contributed by atoms with Crippen LogP contribution >= 0.6 is 0 Å². The lowest BCUT2D eigenvalue weighted by atomic mass is 9.85. The van der Waals surface area contributed by atoms with Gasteiger partial charge in [-0.3, -0.25) is 0 Å². The van der Waals surface area contributed by atoms with Crippen molar-refractivity contribution in [2.75, 3.05) is 13.2 Å². The third kappa shape index (κ3) is 6.22. The highest BCUT2D eigenvalue weighted by atomic mass is 16.7. The molecule has 0 aliphatic heterocycles. The molecule has 1 atom stereocenters. The van der Waals surface area contributed by atoms with E-state index in [0.717, 1.165) is 18.4 Å². The van der Waals surface area contributed by atoms with Crippen LogP contribution in [-0.4, -0.2) is 13.2 Å². The summed E-state index contributed by atoms with van der Waals surface area (Å²) >= 11 is 0. The molecule has 0 radical (unpaired) electrons. The number of unbranched alkanes of at least 4 members (excludes halogenated alkanes) is 5. The van der Waals surface area contributed by atoms with E-state index < -0.39 is 5.79 Å². The third-order valence-electron chi connectivity index (χ3n) is 4.83. The van der Waals surface area contributed by atoms with Crippen LogP contribution in [0.5, 0.6) is 0 Å². The van der Waals surface area contributed by atoms with Crippen LogP contribution in [0.1, 0.15) is 84.6 Å². The van der Waals surface area contributed by atoms with E-state index in [9.17, 15) is 0 Å². The van der Waals surface area contributed by atoms with E-state index >= 15 is 0 Å².